The van der Waals surface area contributed by atoms with Gasteiger partial charge in [-0.05, 0) is 51.2 Å². The van der Waals surface area contributed by atoms with E-state index in [1.807, 2.05) is 6.92 Å². The van der Waals surface area contributed by atoms with Crippen LogP contribution in [0, 0.1) is 17.8 Å². The van der Waals surface area contributed by atoms with Gasteiger partial charge in [0.1, 0.15) is 0 Å². The molecule has 0 aromatic rings. The lowest BCUT2D eigenvalue weighted by molar-refractivity contribution is -0.145. The lowest BCUT2D eigenvalue weighted by Gasteiger charge is -2.49. The van der Waals surface area contributed by atoms with Crippen LogP contribution in [0.15, 0.2) is 0 Å². The summed E-state index contributed by atoms with van der Waals surface area (Å²) in [5, 5.41) is 0. The minimum Gasteiger partial charge on any atom is -0.469 e. The van der Waals surface area contributed by atoms with Crippen molar-refractivity contribution in [1.82, 2.24) is 9.80 Å². The maximum atomic E-state index is 11.7. The molecule has 4 saturated heterocycles. The van der Waals surface area contributed by atoms with Gasteiger partial charge in [-0.2, -0.15) is 0 Å². The first kappa shape index (κ1) is 13.4. The topological polar surface area (TPSA) is 32.8 Å². The fraction of sp³-hybridized carbons (Fsp3) is 0.933. The van der Waals surface area contributed by atoms with Crippen LogP contribution in [0.4, 0.5) is 0 Å². The zero-order valence-corrected chi connectivity index (χ0v) is 12.3. The van der Waals surface area contributed by atoms with Crippen molar-refractivity contribution in [1.29, 1.82) is 0 Å². The standard InChI is InChI=1S/C15H26N2O2/c1-10(15(18)19-3)8-13-14-12(9-16(13)2)11-4-6-17(14)7-5-11/h10-14H,4-9H2,1-3H3. The van der Waals surface area contributed by atoms with Crippen LogP contribution in [-0.2, 0) is 9.53 Å². The van der Waals surface area contributed by atoms with Gasteiger partial charge in [0.2, 0.25) is 0 Å². The molecule has 0 N–H and O–H groups in total. The van der Waals surface area contributed by atoms with Gasteiger partial charge in [-0.3, -0.25) is 9.69 Å². The van der Waals surface area contributed by atoms with E-state index < -0.39 is 0 Å². The zero-order valence-electron chi connectivity index (χ0n) is 12.3. The van der Waals surface area contributed by atoms with E-state index in [0.29, 0.717) is 12.1 Å². The van der Waals surface area contributed by atoms with Gasteiger partial charge in [-0.15, -0.1) is 0 Å². The number of fused-ring (bicyclic) bond motifs is 2. The Bertz CT molecular complexity index is 352. The third kappa shape index (κ3) is 2.19. The molecule has 108 valence electrons. The fourth-order valence-corrected chi connectivity index (χ4v) is 4.69. The van der Waals surface area contributed by atoms with E-state index >= 15 is 0 Å². The molecule has 4 rings (SSSR count). The van der Waals surface area contributed by atoms with E-state index in [0.717, 1.165) is 18.3 Å². The summed E-state index contributed by atoms with van der Waals surface area (Å²) in [6.07, 6.45) is 3.70. The molecular formula is C15H26N2O2. The Hall–Kier alpha value is -0.610. The summed E-state index contributed by atoms with van der Waals surface area (Å²) < 4.78 is 4.88. The van der Waals surface area contributed by atoms with Crippen molar-refractivity contribution >= 4 is 5.97 Å². The summed E-state index contributed by atoms with van der Waals surface area (Å²) in [5.74, 6) is 1.71. The van der Waals surface area contributed by atoms with Crippen LogP contribution in [-0.4, -0.2) is 61.6 Å². The van der Waals surface area contributed by atoms with Gasteiger partial charge < -0.3 is 9.64 Å². The maximum Gasteiger partial charge on any atom is 0.308 e. The second kappa shape index (κ2) is 5.06. The molecule has 4 aliphatic heterocycles. The molecule has 2 bridgehead atoms. The zero-order chi connectivity index (χ0) is 13.6. The minimum atomic E-state index is -0.0622. The van der Waals surface area contributed by atoms with E-state index in [-0.39, 0.29) is 11.9 Å². The number of carbonyl (C=O) groups excluding carboxylic acids is 1. The van der Waals surface area contributed by atoms with E-state index in [1.165, 1.54) is 39.6 Å². The monoisotopic (exact) mass is 266 g/mol. The molecule has 0 aromatic heterocycles. The number of piperidine rings is 3. The third-order valence-corrected chi connectivity index (χ3v) is 5.70. The van der Waals surface area contributed by atoms with Gasteiger partial charge in [0.15, 0.2) is 0 Å². The van der Waals surface area contributed by atoms with Crippen LogP contribution < -0.4 is 0 Å². The van der Waals surface area contributed by atoms with Gasteiger partial charge in [-0.1, -0.05) is 6.92 Å². The summed E-state index contributed by atoms with van der Waals surface area (Å²) >= 11 is 0. The van der Waals surface area contributed by atoms with Gasteiger partial charge >= 0.3 is 5.97 Å². The normalized spacial score (nSPS) is 43.0. The molecule has 4 heterocycles. The van der Waals surface area contributed by atoms with Crippen molar-refractivity contribution in [3.63, 3.8) is 0 Å². The number of esters is 1. The Balaban J connectivity index is 1.73. The molecule has 4 aliphatic rings. The molecule has 4 nitrogen and oxygen atoms in total. The highest BCUT2D eigenvalue weighted by Crippen LogP contribution is 2.44. The van der Waals surface area contributed by atoms with Crippen LogP contribution in [0.3, 0.4) is 0 Å². The molecule has 0 amide bonds. The van der Waals surface area contributed by atoms with Crippen molar-refractivity contribution in [3.05, 3.63) is 0 Å². The van der Waals surface area contributed by atoms with Crippen LogP contribution in [0.25, 0.3) is 0 Å². The van der Waals surface area contributed by atoms with Crippen LogP contribution in [0.1, 0.15) is 26.2 Å². The van der Waals surface area contributed by atoms with Crippen LogP contribution in [0.5, 0.6) is 0 Å². The maximum absolute atomic E-state index is 11.7. The number of rotatable bonds is 3. The number of likely N-dealkylation sites (tertiary alicyclic amines) is 1. The molecule has 0 radical (unpaired) electrons. The van der Waals surface area contributed by atoms with Crippen molar-refractivity contribution in [2.24, 2.45) is 17.8 Å². The average molecular weight is 266 g/mol. The first-order chi connectivity index (χ1) is 9.11. The summed E-state index contributed by atoms with van der Waals surface area (Å²) in [5.41, 5.74) is 0. The Morgan fingerprint density at radius 1 is 1.37 bits per heavy atom. The molecule has 0 saturated carbocycles. The Morgan fingerprint density at radius 3 is 2.68 bits per heavy atom. The Labute approximate surface area is 116 Å². The van der Waals surface area contributed by atoms with E-state index in [9.17, 15) is 4.79 Å². The highest BCUT2D eigenvalue weighted by atomic mass is 16.5. The van der Waals surface area contributed by atoms with Crippen LogP contribution in [0.2, 0.25) is 0 Å². The number of hydrogen-bond donors (Lipinski definition) is 0. The second-order valence-electron chi connectivity index (χ2n) is 6.69. The SMILES string of the molecule is COC(=O)C(C)CC1C2C(CN1C)C1CCN2CC1. The molecular weight excluding hydrogens is 240 g/mol. The molecule has 4 atom stereocenters. The van der Waals surface area contributed by atoms with Crippen molar-refractivity contribution in [2.75, 3.05) is 33.8 Å². The highest BCUT2D eigenvalue weighted by molar-refractivity contribution is 5.71. The second-order valence-corrected chi connectivity index (χ2v) is 6.69. The summed E-state index contributed by atoms with van der Waals surface area (Å²) in [6, 6.07) is 1.21. The smallest absolute Gasteiger partial charge is 0.308 e. The number of likely N-dealkylation sites (N-methyl/N-ethyl adjacent to an activating group) is 1. The van der Waals surface area contributed by atoms with Gasteiger partial charge in [0, 0.05) is 18.6 Å². The lowest BCUT2D eigenvalue weighted by atomic mass is 9.73. The number of nitrogens with zero attached hydrogens (tertiary/aromatic N) is 2. The molecule has 4 unspecified atom stereocenters. The molecule has 0 spiro atoms. The quantitative estimate of drug-likeness (QED) is 0.719. The molecule has 0 aliphatic carbocycles. The third-order valence-electron chi connectivity index (χ3n) is 5.70. The molecule has 19 heavy (non-hydrogen) atoms. The largest absolute Gasteiger partial charge is 0.469 e. The summed E-state index contributed by atoms with van der Waals surface area (Å²) in [4.78, 5) is 16.8. The van der Waals surface area contributed by atoms with Gasteiger partial charge in [0.25, 0.3) is 0 Å². The molecule has 0 aromatic carbocycles. The number of hydrogen-bond acceptors (Lipinski definition) is 4. The van der Waals surface area contributed by atoms with E-state index in [2.05, 4.69) is 16.8 Å². The number of methoxy groups -OCH3 is 1. The fourth-order valence-electron chi connectivity index (χ4n) is 4.69. The average Bonchev–Trinajstić information content (AvgIpc) is 2.78. The van der Waals surface area contributed by atoms with Crippen molar-refractivity contribution < 1.29 is 9.53 Å². The van der Waals surface area contributed by atoms with Gasteiger partial charge in [0.05, 0.1) is 13.0 Å². The lowest BCUT2D eigenvalue weighted by Crippen LogP contribution is -2.57. The number of carbonyl (C=O) groups is 1. The van der Waals surface area contributed by atoms with E-state index in [4.69, 9.17) is 4.74 Å². The first-order valence-corrected chi connectivity index (χ1v) is 7.64. The summed E-state index contributed by atoms with van der Waals surface area (Å²) in [6.45, 7) is 5.75. The molecule has 4 fully saturated rings. The highest BCUT2D eigenvalue weighted by Gasteiger charge is 2.51. The van der Waals surface area contributed by atoms with Crippen molar-refractivity contribution in [3.8, 4) is 0 Å². The molecule has 4 heteroatoms. The van der Waals surface area contributed by atoms with Crippen molar-refractivity contribution in [2.45, 2.75) is 38.3 Å². The van der Waals surface area contributed by atoms with E-state index in [1.54, 1.807) is 0 Å². The predicted molar refractivity (Wildman–Crippen MR) is 73.8 cm³/mol. The first-order valence-electron chi connectivity index (χ1n) is 7.64. The Kier molecular flexibility index (Phi) is 3.56. The predicted octanol–water partition coefficient (Wildman–Crippen LogP) is 1.21. The van der Waals surface area contributed by atoms with Gasteiger partial charge in [-0.25, -0.2) is 0 Å². The summed E-state index contributed by atoms with van der Waals surface area (Å²) in [7, 11) is 3.72. The van der Waals surface area contributed by atoms with Crippen LogP contribution >= 0.6 is 0 Å². The minimum absolute atomic E-state index is 0.0119. The Morgan fingerprint density at radius 2 is 2.05 bits per heavy atom. The number of ether oxygens (including phenoxy) is 1.